The van der Waals surface area contributed by atoms with Gasteiger partial charge in [0.25, 0.3) is 6.47 Å². The summed E-state index contributed by atoms with van der Waals surface area (Å²) in [5.74, 6) is -0.716. The number of carbonyl (C=O) groups is 2. The predicted octanol–water partition coefficient (Wildman–Crippen LogP) is 3.45. The average Bonchev–Trinajstić information content (AvgIpc) is 2.49. The lowest BCUT2D eigenvalue weighted by molar-refractivity contribution is -0.385. The molecule has 0 aliphatic heterocycles. The summed E-state index contributed by atoms with van der Waals surface area (Å²) in [6, 6.07) is 4.64. The second-order valence-electron chi connectivity index (χ2n) is 4.06. The molecule has 0 atom stereocenters. The van der Waals surface area contributed by atoms with E-state index in [1.165, 1.54) is 6.07 Å². The van der Waals surface area contributed by atoms with Gasteiger partial charge >= 0.3 is 11.7 Å². The van der Waals surface area contributed by atoms with Crippen LogP contribution in [-0.2, 0) is 16.0 Å². The van der Waals surface area contributed by atoms with Gasteiger partial charge in [-0.15, -0.1) is 0 Å². The summed E-state index contributed by atoms with van der Waals surface area (Å²) in [6.45, 7) is 8.97. The van der Waals surface area contributed by atoms with E-state index < -0.39 is 10.9 Å². The lowest BCUT2D eigenvalue weighted by Crippen LogP contribution is -2.16. The molecule has 0 spiro atoms. The van der Waals surface area contributed by atoms with Crippen LogP contribution in [0.4, 0.5) is 5.69 Å². The number of carbonyl (C=O) groups excluding carboxylic acids is 1. The van der Waals surface area contributed by atoms with Crippen LogP contribution in [0.2, 0.25) is 0 Å². The van der Waals surface area contributed by atoms with Crippen LogP contribution in [0.3, 0.4) is 0 Å². The van der Waals surface area contributed by atoms with Gasteiger partial charge < -0.3 is 9.84 Å². The Bertz CT molecular complexity index is 485. The molecule has 7 heteroatoms. The first-order valence-electron chi connectivity index (χ1n) is 6.94. The number of hydrogen-bond donors (Lipinski definition) is 1. The normalized spacial score (nSPS) is 8.82. The first-order chi connectivity index (χ1) is 10.4. The number of aryl methyl sites for hydroxylation is 1. The van der Waals surface area contributed by atoms with Crippen LogP contribution >= 0.6 is 0 Å². The van der Waals surface area contributed by atoms with Crippen molar-refractivity contribution in [3.05, 3.63) is 33.9 Å². The van der Waals surface area contributed by atoms with E-state index in [1.807, 2.05) is 20.8 Å². The maximum Gasteiger partial charge on any atom is 0.314 e. The van der Waals surface area contributed by atoms with Gasteiger partial charge in [0.05, 0.1) is 10.8 Å². The Hall–Kier alpha value is -2.44. The third-order valence-corrected chi connectivity index (χ3v) is 2.33. The van der Waals surface area contributed by atoms with Crippen LogP contribution in [0.1, 0.15) is 40.2 Å². The minimum absolute atomic E-state index is 0.0682. The lowest BCUT2D eigenvalue weighted by atomic mass is 10.1. The van der Waals surface area contributed by atoms with Crippen LogP contribution in [0.5, 0.6) is 5.75 Å². The van der Waals surface area contributed by atoms with Crippen molar-refractivity contribution in [2.75, 3.05) is 0 Å². The van der Waals surface area contributed by atoms with Gasteiger partial charge in [-0.2, -0.15) is 0 Å². The van der Waals surface area contributed by atoms with E-state index in [-0.39, 0.29) is 23.8 Å². The number of hydrogen-bond acceptors (Lipinski definition) is 5. The van der Waals surface area contributed by atoms with Crippen molar-refractivity contribution in [1.82, 2.24) is 0 Å². The van der Waals surface area contributed by atoms with E-state index in [0.717, 1.165) is 0 Å². The summed E-state index contributed by atoms with van der Waals surface area (Å²) in [5.41, 5.74) is 0.492. The van der Waals surface area contributed by atoms with Crippen molar-refractivity contribution in [2.24, 2.45) is 5.92 Å². The zero-order chi connectivity index (χ0) is 17.7. The standard InChI is InChI=1S/C12H15NO4.C2H6.CH2O2/c1-4-9-6-5-7-10(13(15)16)11(9)17-12(14)8(2)3;1-2;2-1-3/h5-8H,4H2,1-3H3;1-2H3;1H,(H,2,3). The quantitative estimate of drug-likeness (QED) is 0.300. The summed E-state index contributed by atoms with van der Waals surface area (Å²) >= 11 is 0. The molecule has 1 N–H and O–H groups in total. The molecule has 7 nitrogen and oxygen atoms in total. The average molecular weight is 313 g/mol. The summed E-state index contributed by atoms with van der Waals surface area (Å²) in [6.07, 6.45) is 0.572. The van der Waals surface area contributed by atoms with Crippen molar-refractivity contribution < 1.29 is 24.4 Å². The van der Waals surface area contributed by atoms with Crippen LogP contribution in [-0.4, -0.2) is 22.5 Å². The second-order valence-corrected chi connectivity index (χ2v) is 4.06. The Balaban J connectivity index is 0. The number of nitrogens with zero attached hydrogens (tertiary/aromatic N) is 1. The van der Waals surface area contributed by atoms with E-state index in [0.29, 0.717) is 12.0 Å². The highest BCUT2D eigenvalue weighted by Gasteiger charge is 2.22. The number of esters is 1. The fraction of sp³-hybridized carbons (Fsp3) is 0.467. The molecule has 0 bridgehead atoms. The molecule has 0 saturated carbocycles. The summed E-state index contributed by atoms with van der Waals surface area (Å²) in [7, 11) is 0. The maximum atomic E-state index is 11.5. The Morgan fingerprint density at radius 1 is 1.41 bits per heavy atom. The van der Waals surface area contributed by atoms with Crippen molar-refractivity contribution >= 4 is 18.1 Å². The van der Waals surface area contributed by atoms with Crippen molar-refractivity contribution in [3.63, 3.8) is 0 Å². The number of nitro benzene ring substituents is 1. The third kappa shape index (κ3) is 7.37. The Labute approximate surface area is 130 Å². The molecule has 0 heterocycles. The number of benzene rings is 1. The number of nitro groups is 1. The van der Waals surface area contributed by atoms with E-state index in [2.05, 4.69) is 0 Å². The van der Waals surface area contributed by atoms with Gasteiger partial charge in [-0.3, -0.25) is 19.7 Å². The van der Waals surface area contributed by atoms with Crippen LogP contribution in [0, 0.1) is 16.0 Å². The highest BCUT2D eigenvalue weighted by atomic mass is 16.6. The number of para-hydroxylation sites is 1. The van der Waals surface area contributed by atoms with Gasteiger partial charge in [-0.25, -0.2) is 0 Å². The molecule has 0 fully saturated rings. The van der Waals surface area contributed by atoms with Gasteiger partial charge in [-0.1, -0.05) is 46.8 Å². The Kier molecular flexibility index (Phi) is 12.2. The SMILES string of the molecule is CC.CCc1cccc([N+](=O)[O-])c1OC(=O)C(C)C.O=CO. The molecule has 0 amide bonds. The summed E-state index contributed by atoms with van der Waals surface area (Å²) in [4.78, 5) is 30.2. The largest absolute Gasteiger partial charge is 0.483 e. The van der Waals surface area contributed by atoms with Gasteiger partial charge in [0, 0.05) is 11.6 Å². The summed E-state index contributed by atoms with van der Waals surface area (Å²) in [5, 5.41) is 17.7. The summed E-state index contributed by atoms with van der Waals surface area (Å²) < 4.78 is 5.11. The van der Waals surface area contributed by atoms with Crippen molar-refractivity contribution in [1.29, 1.82) is 0 Å². The molecule has 0 aromatic heterocycles. The van der Waals surface area contributed by atoms with Gasteiger partial charge in [-0.05, 0) is 6.42 Å². The van der Waals surface area contributed by atoms with Gasteiger partial charge in [0.2, 0.25) is 5.75 Å². The van der Waals surface area contributed by atoms with Crippen LogP contribution in [0.25, 0.3) is 0 Å². The fourth-order valence-corrected chi connectivity index (χ4v) is 1.33. The zero-order valence-electron chi connectivity index (χ0n) is 13.5. The van der Waals surface area contributed by atoms with E-state index in [1.54, 1.807) is 26.0 Å². The number of rotatable bonds is 4. The zero-order valence-corrected chi connectivity index (χ0v) is 13.5. The van der Waals surface area contributed by atoms with Gasteiger partial charge in [0.1, 0.15) is 0 Å². The first-order valence-corrected chi connectivity index (χ1v) is 6.94. The predicted molar refractivity (Wildman–Crippen MR) is 83.0 cm³/mol. The maximum absolute atomic E-state index is 11.5. The number of ether oxygens (including phenoxy) is 1. The molecule has 1 aromatic carbocycles. The molecule has 0 aliphatic rings. The molecule has 0 aliphatic carbocycles. The lowest BCUT2D eigenvalue weighted by Gasteiger charge is -2.10. The van der Waals surface area contributed by atoms with Crippen LogP contribution in [0.15, 0.2) is 18.2 Å². The molecular formula is C15H23NO6. The highest BCUT2D eigenvalue weighted by Crippen LogP contribution is 2.31. The minimum atomic E-state index is -0.540. The van der Waals surface area contributed by atoms with E-state index in [9.17, 15) is 14.9 Å². The fourth-order valence-electron chi connectivity index (χ4n) is 1.33. The molecule has 0 unspecified atom stereocenters. The molecule has 1 rings (SSSR count). The van der Waals surface area contributed by atoms with E-state index >= 15 is 0 Å². The van der Waals surface area contributed by atoms with Gasteiger partial charge in [0.15, 0.2) is 0 Å². The molecule has 124 valence electrons. The molecule has 22 heavy (non-hydrogen) atoms. The van der Waals surface area contributed by atoms with E-state index in [4.69, 9.17) is 14.6 Å². The van der Waals surface area contributed by atoms with Crippen molar-refractivity contribution in [2.45, 2.75) is 41.0 Å². The number of carboxylic acid groups (broad SMARTS) is 1. The topological polar surface area (TPSA) is 107 Å². The smallest absolute Gasteiger partial charge is 0.314 e. The van der Waals surface area contributed by atoms with Crippen molar-refractivity contribution in [3.8, 4) is 5.75 Å². The van der Waals surface area contributed by atoms with Crippen LogP contribution < -0.4 is 4.74 Å². The molecule has 1 aromatic rings. The molecule has 0 saturated heterocycles. The minimum Gasteiger partial charge on any atom is -0.483 e. The molecule has 0 radical (unpaired) electrons. The monoisotopic (exact) mass is 313 g/mol. The second kappa shape index (κ2) is 12.3. The Morgan fingerprint density at radius 2 is 1.91 bits per heavy atom. The Morgan fingerprint density at radius 3 is 2.27 bits per heavy atom. The molecular weight excluding hydrogens is 290 g/mol. The highest BCUT2D eigenvalue weighted by molar-refractivity contribution is 5.76. The first kappa shape index (κ1) is 21.9. The third-order valence-electron chi connectivity index (χ3n) is 2.33.